The first-order chi connectivity index (χ1) is 8.63. The van der Waals surface area contributed by atoms with Crippen molar-refractivity contribution in [2.45, 2.75) is 10.9 Å². The molecule has 3 rings (SSSR count). The van der Waals surface area contributed by atoms with Crippen molar-refractivity contribution in [3.05, 3.63) is 41.3 Å². The average Bonchev–Trinajstić information content (AvgIpc) is 2.35. The Morgan fingerprint density at radius 1 is 1.32 bits per heavy atom. The fraction of sp³-hybridized carbons (Fsp3) is 0.214. The van der Waals surface area contributed by atoms with Gasteiger partial charge < -0.3 is 10.6 Å². The van der Waals surface area contributed by atoms with E-state index in [2.05, 4.69) is 34.2 Å². The highest BCUT2D eigenvalue weighted by Crippen LogP contribution is 2.42. The third kappa shape index (κ3) is 2.71. The van der Waals surface area contributed by atoms with Crippen LogP contribution in [0.1, 0.15) is 0 Å². The van der Waals surface area contributed by atoms with E-state index in [-0.39, 0.29) is 18.4 Å². The molecule has 0 saturated heterocycles. The van der Waals surface area contributed by atoms with Crippen LogP contribution < -0.4 is 10.6 Å². The van der Waals surface area contributed by atoms with E-state index in [0.717, 1.165) is 16.3 Å². The number of nitrogens with two attached hydrogens (primary N) is 1. The van der Waals surface area contributed by atoms with Crippen LogP contribution in [0.3, 0.4) is 0 Å². The quantitative estimate of drug-likeness (QED) is 0.865. The first-order valence-electron chi connectivity index (χ1n) is 5.87. The van der Waals surface area contributed by atoms with Crippen LogP contribution in [-0.4, -0.2) is 25.8 Å². The van der Waals surface area contributed by atoms with Crippen molar-refractivity contribution in [1.82, 2.24) is 0 Å². The summed E-state index contributed by atoms with van der Waals surface area (Å²) in [6.45, 7) is 0. The van der Waals surface area contributed by atoms with Gasteiger partial charge in [-0.05, 0) is 30.4 Å². The standard InChI is InChI=1S/C14H15N3S.ClH/c1-17(2)10-4-6-12-14(8-10)18-13-7-9(15)3-5-11(13)16-12;/h3-9H,15H2,1-2H3;1H. The summed E-state index contributed by atoms with van der Waals surface area (Å²) in [5.41, 5.74) is 9.15. The summed E-state index contributed by atoms with van der Waals surface area (Å²) in [5, 5.41) is 0. The smallest absolute Gasteiger partial charge is 0.0778 e. The lowest BCUT2D eigenvalue weighted by Crippen LogP contribution is -2.20. The highest BCUT2D eigenvalue weighted by molar-refractivity contribution is 8.04. The van der Waals surface area contributed by atoms with Crippen LogP contribution in [0, 0.1) is 0 Å². The number of hydrogen-bond donors (Lipinski definition) is 1. The fourth-order valence-electron chi connectivity index (χ4n) is 1.98. The molecular formula is C14H16ClN3S. The summed E-state index contributed by atoms with van der Waals surface area (Å²) in [6.07, 6.45) is 6.05. The predicted molar refractivity (Wildman–Crippen MR) is 86.2 cm³/mol. The highest BCUT2D eigenvalue weighted by atomic mass is 35.5. The van der Waals surface area contributed by atoms with Gasteiger partial charge in [0.15, 0.2) is 0 Å². The number of thioether (sulfide) groups is 1. The second-order valence-corrected chi connectivity index (χ2v) is 5.70. The first-order valence-corrected chi connectivity index (χ1v) is 6.69. The van der Waals surface area contributed by atoms with E-state index in [1.54, 1.807) is 11.8 Å². The Morgan fingerprint density at radius 3 is 2.84 bits per heavy atom. The van der Waals surface area contributed by atoms with E-state index in [4.69, 9.17) is 5.73 Å². The zero-order chi connectivity index (χ0) is 12.7. The molecular weight excluding hydrogens is 278 g/mol. The van der Waals surface area contributed by atoms with Crippen molar-refractivity contribution in [1.29, 1.82) is 0 Å². The molecule has 0 saturated carbocycles. The number of nitrogens with zero attached hydrogens (tertiary/aromatic N) is 2. The third-order valence-electron chi connectivity index (χ3n) is 2.99. The number of anilines is 1. The van der Waals surface area contributed by atoms with Gasteiger partial charge in [0, 0.05) is 35.6 Å². The summed E-state index contributed by atoms with van der Waals surface area (Å²) < 4.78 is 0. The number of fused-ring (bicyclic) bond motifs is 2. The molecule has 0 bridgehead atoms. The maximum Gasteiger partial charge on any atom is 0.0778 e. The lowest BCUT2D eigenvalue weighted by Gasteiger charge is -2.22. The minimum atomic E-state index is 0. The Hall–Kier alpha value is -1.23. The SMILES string of the molecule is CN(C)c1ccc2c(c1)SC1=CC(N)C=CC1=N2.Cl. The fourth-order valence-corrected chi connectivity index (χ4v) is 3.06. The van der Waals surface area contributed by atoms with Gasteiger partial charge in [0.25, 0.3) is 0 Å². The summed E-state index contributed by atoms with van der Waals surface area (Å²) in [4.78, 5) is 9.12. The van der Waals surface area contributed by atoms with Crippen LogP contribution in [0.25, 0.3) is 0 Å². The topological polar surface area (TPSA) is 41.6 Å². The molecule has 1 aromatic carbocycles. The van der Waals surface area contributed by atoms with Crippen molar-refractivity contribution in [3.63, 3.8) is 0 Å². The van der Waals surface area contributed by atoms with Gasteiger partial charge in [-0.2, -0.15) is 0 Å². The Balaban J connectivity index is 0.00000133. The first kappa shape index (κ1) is 14.2. The number of halogens is 1. The van der Waals surface area contributed by atoms with Crippen molar-refractivity contribution in [3.8, 4) is 0 Å². The van der Waals surface area contributed by atoms with Gasteiger partial charge in [0.2, 0.25) is 0 Å². The zero-order valence-electron chi connectivity index (χ0n) is 10.8. The van der Waals surface area contributed by atoms with Crippen LogP contribution in [0.2, 0.25) is 0 Å². The largest absolute Gasteiger partial charge is 0.378 e. The summed E-state index contributed by atoms with van der Waals surface area (Å²) in [5.74, 6) is 0. The minimum Gasteiger partial charge on any atom is -0.378 e. The van der Waals surface area contributed by atoms with Crippen molar-refractivity contribution >= 4 is 41.3 Å². The number of rotatable bonds is 1. The minimum absolute atomic E-state index is 0. The van der Waals surface area contributed by atoms with Crippen molar-refractivity contribution < 1.29 is 0 Å². The van der Waals surface area contributed by atoms with E-state index in [0.29, 0.717) is 0 Å². The molecule has 1 atom stereocenters. The zero-order valence-corrected chi connectivity index (χ0v) is 12.5. The van der Waals surface area contributed by atoms with Crippen LogP contribution in [0.15, 0.2) is 51.2 Å². The molecule has 0 radical (unpaired) electrons. The van der Waals surface area contributed by atoms with E-state index in [9.17, 15) is 0 Å². The molecule has 3 nitrogen and oxygen atoms in total. The lowest BCUT2D eigenvalue weighted by atomic mass is 10.1. The Bertz CT molecular complexity index is 590. The van der Waals surface area contributed by atoms with Gasteiger partial charge in [-0.3, -0.25) is 0 Å². The van der Waals surface area contributed by atoms with Gasteiger partial charge in [0.1, 0.15) is 0 Å². The summed E-state index contributed by atoms with van der Waals surface area (Å²) in [7, 11) is 4.09. The Morgan fingerprint density at radius 2 is 2.11 bits per heavy atom. The molecule has 2 aliphatic rings. The molecule has 2 N–H and O–H groups in total. The van der Waals surface area contributed by atoms with E-state index < -0.39 is 0 Å². The molecule has 5 heteroatoms. The van der Waals surface area contributed by atoms with E-state index in [1.165, 1.54) is 10.6 Å². The molecule has 0 aromatic heterocycles. The molecule has 0 spiro atoms. The molecule has 19 heavy (non-hydrogen) atoms. The maximum atomic E-state index is 5.90. The molecule has 1 aliphatic carbocycles. The van der Waals surface area contributed by atoms with Gasteiger partial charge >= 0.3 is 0 Å². The molecule has 1 unspecified atom stereocenters. The van der Waals surface area contributed by atoms with Crippen LogP contribution in [0.4, 0.5) is 11.4 Å². The second-order valence-electron chi connectivity index (χ2n) is 4.61. The normalized spacial score (nSPS) is 19.6. The van der Waals surface area contributed by atoms with Gasteiger partial charge in [-0.1, -0.05) is 17.8 Å². The van der Waals surface area contributed by atoms with Crippen molar-refractivity contribution in [2.24, 2.45) is 10.7 Å². The molecule has 1 aliphatic heterocycles. The Kier molecular flexibility index (Phi) is 4.04. The number of aliphatic imine (C=N–C) groups is 1. The second kappa shape index (κ2) is 5.41. The predicted octanol–water partition coefficient (Wildman–Crippen LogP) is 3.13. The monoisotopic (exact) mass is 293 g/mol. The summed E-state index contributed by atoms with van der Waals surface area (Å²) >= 11 is 1.75. The van der Waals surface area contributed by atoms with Crippen LogP contribution >= 0.6 is 24.2 Å². The van der Waals surface area contributed by atoms with Crippen molar-refractivity contribution in [2.75, 3.05) is 19.0 Å². The summed E-state index contributed by atoms with van der Waals surface area (Å²) in [6, 6.07) is 6.34. The van der Waals surface area contributed by atoms with E-state index in [1.807, 2.05) is 26.2 Å². The lowest BCUT2D eigenvalue weighted by molar-refractivity contribution is 1.02. The van der Waals surface area contributed by atoms with Crippen LogP contribution in [0.5, 0.6) is 0 Å². The molecule has 1 aromatic rings. The average molecular weight is 294 g/mol. The van der Waals surface area contributed by atoms with Gasteiger partial charge in [-0.15, -0.1) is 12.4 Å². The maximum absolute atomic E-state index is 5.90. The number of hydrogen-bond acceptors (Lipinski definition) is 4. The van der Waals surface area contributed by atoms with Crippen LogP contribution in [-0.2, 0) is 0 Å². The highest BCUT2D eigenvalue weighted by Gasteiger charge is 2.19. The van der Waals surface area contributed by atoms with Gasteiger partial charge in [0.05, 0.1) is 11.4 Å². The third-order valence-corrected chi connectivity index (χ3v) is 4.11. The number of benzene rings is 1. The molecule has 0 amide bonds. The molecule has 100 valence electrons. The van der Waals surface area contributed by atoms with E-state index >= 15 is 0 Å². The Labute approximate surface area is 123 Å². The molecule has 1 heterocycles. The van der Waals surface area contributed by atoms with Gasteiger partial charge in [-0.25, -0.2) is 4.99 Å². The number of allylic oxidation sites excluding steroid dienone is 2. The molecule has 0 fully saturated rings.